The second kappa shape index (κ2) is 21.5. The van der Waals surface area contributed by atoms with Crippen LogP contribution in [0.1, 0.15) is 49.9 Å². The van der Waals surface area contributed by atoms with Crippen molar-refractivity contribution < 1.29 is 0 Å². The van der Waals surface area contributed by atoms with Crippen molar-refractivity contribution in [1.82, 2.24) is 23.7 Å². The van der Waals surface area contributed by atoms with Crippen molar-refractivity contribution in [3.63, 3.8) is 0 Å². The van der Waals surface area contributed by atoms with E-state index in [1.165, 1.54) is 99.2 Å². The maximum absolute atomic E-state index is 5.62. The van der Waals surface area contributed by atoms with Gasteiger partial charge in [0, 0.05) is 65.6 Å². The largest absolute Gasteiger partial charge is 0.309 e. The Balaban J connectivity index is 0.785. The summed E-state index contributed by atoms with van der Waals surface area (Å²) in [6.45, 7) is 9.47. The van der Waals surface area contributed by atoms with Crippen molar-refractivity contribution in [2.75, 3.05) is 0 Å². The zero-order chi connectivity index (χ0) is 65.8. The van der Waals surface area contributed by atoms with Crippen molar-refractivity contribution in [2.45, 2.75) is 38.5 Å². The first-order valence-corrected chi connectivity index (χ1v) is 34.4. The second-order valence-electron chi connectivity index (χ2n) is 28.1. The lowest BCUT2D eigenvalue weighted by atomic mass is 9.82. The summed E-state index contributed by atoms with van der Waals surface area (Å²) in [7, 11) is 0. The van der Waals surface area contributed by atoms with Crippen LogP contribution in [0.2, 0.25) is 0 Å². The van der Waals surface area contributed by atoms with Gasteiger partial charge in [-0.2, -0.15) is 0 Å². The third-order valence-electron chi connectivity index (χ3n) is 21.9. The molecule has 2 aliphatic rings. The van der Waals surface area contributed by atoms with Crippen molar-refractivity contribution >= 4 is 65.4 Å². The van der Waals surface area contributed by atoms with Crippen LogP contribution in [0.25, 0.3) is 172 Å². The zero-order valence-electron chi connectivity index (χ0n) is 55.3. The second-order valence-corrected chi connectivity index (χ2v) is 28.1. The first kappa shape index (κ1) is 56.9. The van der Waals surface area contributed by atoms with E-state index in [-0.39, 0.29) is 10.8 Å². The lowest BCUT2D eigenvalue weighted by molar-refractivity contribution is 0.660. The number of nitrogens with zero attached hydrogens (tertiary/aromatic N) is 5. The summed E-state index contributed by atoms with van der Waals surface area (Å²) in [5.41, 5.74) is 32.3. The molecule has 4 heterocycles. The Bertz CT molecular complexity index is 5990. The molecule has 0 fully saturated rings. The van der Waals surface area contributed by atoms with Crippen molar-refractivity contribution in [2.24, 2.45) is 0 Å². The maximum Gasteiger partial charge on any atom is 0.235 e. The predicted octanol–water partition coefficient (Wildman–Crippen LogP) is 24.4. The van der Waals surface area contributed by atoms with Crippen LogP contribution in [0.5, 0.6) is 0 Å². The summed E-state index contributed by atoms with van der Waals surface area (Å²) in [5, 5.41) is 7.12. The van der Waals surface area contributed by atoms with E-state index in [0.717, 1.165) is 89.1 Å². The van der Waals surface area contributed by atoms with Crippen LogP contribution >= 0.6 is 0 Å². The summed E-state index contributed by atoms with van der Waals surface area (Å²) >= 11 is 0. The highest BCUT2D eigenvalue weighted by atomic mass is 15.2. The van der Waals surface area contributed by atoms with Crippen LogP contribution in [-0.4, -0.2) is 23.7 Å². The molecule has 0 bridgehead atoms. The number of fused-ring (bicyclic) bond motifs is 15. The molecule has 0 saturated carbocycles. The molecule has 0 amide bonds. The molecule has 4 aromatic heterocycles. The Morgan fingerprint density at radius 1 is 0.212 bits per heavy atom. The minimum absolute atomic E-state index is 0.141. The molecule has 0 atom stereocenters. The van der Waals surface area contributed by atoms with Crippen LogP contribution in [0.15, 0.2) is 322 Å². The number of aromatic nitrogens is 5. The van der Waals surface area contributed by atoms with Gasteiger partial charge in [0.1, 0.15) is 0 Å². The fourth-order valence-corrected chi connectivity index (χ4v) is 16.9. The van der Waals surface area contributed by atoms with Gasteiger partial charge in [0.25, 0.3) is 0 Å². The molecule has 14 aromatic carbocycles. The van der Waals surface area contributed by atoms with Crippen LogP contribution in [0.4, 0.5) is 0 Å². The molecule has 99 heavy (non-hydrogen) atoms. The third-order valence-corrected chi connectivity index (χ3v) is 21.9. The van der Waals surface area contributed by atoms with Gasteiger partial charge in [-0.3, -0.25) is 4.57 Å². The molecule has 5 heteroatoms. The normalized spacial score (nSPS) is 13.4. The highest BCUT2D eigenvalue weighted by Gasteiger charge is 2.37. The van der Waals surface area contributed by atoms with Gasteiger partial charge in [0.05, 0.1) is 44.5 Å². The SMILES string of the molecule is CC1(C)c2ccccc2-c2ccc(-n3c4ccccc4c4ccc(-c5ccc6c(c5)c5cc(-c7ccc8c9ccccc9n(-c9ccc%10c(c9)C(C)(C)c9ccccc9-%10)c8c7)ccc5n6-c5nc(-c6ccc(-c7ccccc7)cc6)cc(-c6ccc(-c7ccccc7)cc6)n5)cc43)cc21. The number of benzene rings is 14. The van der Waals surface area contributed by atoms with E-state index in [1.807, 2.05) is 0 Å². The summed E-state index contributed by atoms with van der Waals surface area (Å²) < 4.78 is 7.26. The van der Waals surface area contributed by atoms with E-state index in [1.54, 1.807) is 0 Å². The van der Waals surface area contributed by atoms with Crippen LogP contribution in [-0.2, 0) is 10.8 Å². The maximum atomic E-state index is 5.62. The molecule has 0 spiro atoms. The molecule has 5 nitrogen and oxygen atoms in total. The summed E-state index contributed by atoms with van der Waals surface area (Å²) in [4.78, 5) is 11.2. The molecule has 18 aromatic rings. The molecule has 0 saturated heterocycles. The smallest absolute Gasteiger partial charge is 0.235 e. The lowest BCUT2D eigenvalue weighted by Crippen LogP contribution is -2.15. The molecular formula is C94H65N5. The minimum atomic E-state index is -0.141. The van der Waals surface area contributed by atoms with Gasteiger partial charge in [-0.1, -0.05) is 270 Å². The highest BCUT2D eigenvalue weighted by Crippen LogP contribution is 2.52. The average molecular weight is 1260 g/mol. The number of rotatable bonds is 9. The molecule has 0 aliphatic heterocycles. The van der Waals surface area contributed by atoms with Gasteiger partial charge in [-0.25, -0.2) is 9.97 Å². The van der Waals surface area contributed by atoms with E-state index in [0.29, 0.717) is 5.95 Å². The summed E-state index contributed by atoms with van der Waals surface area (Å²) in [6, 6.07) is 119. The lowest BCUT2D eigenvalue weighted by Gasteiger charge is -2.22. The fraction of sp³-hybridized carbons (Fsp3) is 0.0638. The standard InChI is InChI=1S/C94H65N5/c1-93(2)80-27-15-11-23-70(80)72-47-43-68(55-82(72)93)97-86-29-17-13-25-74(86)76-45-39-66(53-90(76)97)64-41-49-88-78(51-64)79-52-65(67-40-46-77-75-26-14-18-30-87(75)98(91(77)54-67)69-44-48-73-71-24-12-16-28-81(71)94(3,4)83(73)56-69)42-50-89(79)99(88)92-95-84(62-35-31-60(32-36-62)58-19-7-5-8-20-58)57-85(96-92)63-37-33-61(34-38-63)59-21-9-6-10-22-59/h5-57H,1-4H3. The van der Waals surface area contributed by atoms with Crippen LogP contribution < -0.4 is 0 Å². The summed E-state index contributed by atoms with van der Waals surface area (Å²) in [5.74, 6) is 0.598. The number of hydrogen-bond acceptors (Lipinski definition) is 2. The first-order chi connectivity index (χ1) is 48.6. The molecule has 20 rings (SSSR count). The molecule has 0 radical (unpaired) electrons. The molecule has 466 valence electrons. The van der Waals surface area contributed by atoms with E-state index in [9.17, 15) is 0 Å². The Labute approximate surface area is 574 Å². The van der Waals surface area contributed by atoms with Gasteiger partial charge in [-0.05, 0) is 168 Å². The fourth-order valence-electron chi connectivity index (χ4n) is 16.9. The van der Waals surface area contributed by atoms with Crippen molar-refractivity contribution in [3.8, 4) is 107 Å². The monoisotopic (exact) mass is 1260 g/mol. The van der Waals surface area contributed by atoms with Crippen LogP contribution in [0, 0.1) is 0 Å². The Kier molecular flexibility index (Phi) is 12.4. The van der Waals surface area contributed by atoms with E-state index in [2.05, 4.69) is 363 Å². The van der Waals surface area contributed by atoms with Gasteiger partial charge in [-0.15, -0.1) is 0 Å². The van der Waals surface area contributed by atoms with E-state index in [4.69, 9.17) is 9.97 Å². The van der Waals surface area contributed by atoms with Gasteiger partial charge >= 0.3 is 0 Å². The highest BCUT2D eigenvalue weighted by molar-refractivity contribution is 6.14. The van der Waals surface area contributed by atoms with Gasteiger partial charge in [0.2, 0.25) is 5.95 Å². The number of hydrogen-bond donors (Lipinski definition) is 0. The van der Waals surface area contributed by atoms with Crippen LogP contribution in [0.3, 0.4) is 0 Å². The molecule has 0 N–H and O–H groups in total. The Morgan fingerprint density at radius 2 is 0.545 bits per heavy atom. The van der Waals surface area contributed by atoms with Gasteiger partial charge in [0.15, 0.2) is 0 Å². The minimum Gasteiger partial charge on any atom is -0.309 e. The van der Waals surface area contributed by atoms with Crippen molar-refractivity contribution in [1.29, 1.82) is 0 Å². The molecule has 0 unspecified atom stereocenters. The Morgan fingerprint density at radius 3 is 1.00 bits per heavy atom. The van der Waals surface area contributed by atoms with Gasteiger partial charge < -0.3 is 9.13 Å². The average Bonchev–Trinajstić information content (AvgIpc) is 1.58. The first-order valence-electron chi connectivity index (χ1n) is 34.4. The third kappa shape index (κ3) is 8.73. The quantitative estimate of drug-likeness (QED) is 0.144. The van der Waals surface area contributed by atoms with E-state index >= 15 is 0 Å². The predicted molar refractivity (Wildman–Crippen MR) is 413 cm³/mol. The van der Waals surface area contributed by atoms with Crippen molar-refractivity contribution in [3.05, 3.63) is 344 Å². The zero-order valence-corrected chi connectivity index (χ0v) is 55.3. The Hall–Kier alpha value is -12.4. The molecular weight excluding hydrogens is 1200 g/mol. The molecule has 2 aliphatic carbocycles. The topological polar surface area (TPSA) is 40.6 Å². The number of para-hydroxylation sites is 2. The summed E-state index contributed by atoms with van der Waals surface area (Å²) in [6.07, 6.45) is 0. The van der Waals surface area contributed by atoms with E-state index < -0.39 is 0 Å².